The highest BCUT2D eigenvalue weighted by Gasteiger charge is 2.38. The van der Waals surface area contributed by atoms with E-state index in [1.54, 1.807) is 11.8 Å². The van der Waals surface area contributed by atoms with Crippen LogP contribution < -0.4 is 5.73 Å². The highest BCUT2D eigenvalue weighted by Crippen LogP contribution is 2.43. The monoisotopic (exact) mass is 512 g/mol. The van der Waals surface area contributed by atoms with Crippen LogP contribution >= 0.6 is 11.8 Å². The maximum absolute atomic E-state index is 9.49. The van der Waals surface area contributed by atoms with Crippen LogP contribution in [0.2, 0.25) is 0 Å². The third-order valence-electron chi connectivity index (χ3n) is 6.81. The molecule has 5 rings (SSSR count). The van der Waals surface area contributed by atoms with Crippen molar-refractivity contribution >= 4 is 11.8 Å². The van der Waals surface area contributed by atoms with Gasteiger partial charge in [0, 0.05) is 30.0 Å². The second kappa shape index (κ2) is 12.0. The summed E-state index contributed by atoms with van der Waals surface area (Å²) in [7, 11) is 0. The summed E-state index contributed by atoms with van der Waals surface area (Å²) in [5.74, 6) is 0.887. The molecule has 6 heteroatoms. The average Bonchev–Trinajstić information content (AvgIpc) is 2.97. The molecule has 1 aliphatic rings. The number of rotatable bonds is 8. The van der Waals surface area contributed by atoms with Gasteiger partial charge in [-0.15, -0.1) is 11.8 Å². The van der Waals surface area contributed by atoms with Crippen LogP contribution in [0.1, 0.15) is 41.6 Å². The van der Waals surface area contributed by atoms with E-state index in [4.69, 9.17) is 15.2 Å². The molecule has 0 spiro atoms. The minimum Gasteiger partial charge on any atom is -0.392 e. The van der Waals surface area contributed by atoms with Crippen LogP contribution in [0.25, 0.3) is 11.1 Å². The van der Waals surface area contributed by atoms with E-state index in [0.29, 0.717) is 6.54 Å². The predicted octanol–water partition coefficient (Wildman–Crippen LogP) is 6.28. The standard InChI is InChI=1S/C31H32N2O3S/c1-21-28(20-37-29-10-2-3-15-33-29)35-31(36-30(21)24-13-11-22(19-34)12-14-24)27-9-5-8-26(17-27)25-7-4-6-23(16-25)18-32/h2-17,21,28,30-31,34H,18-20,32H2,1H3/t21-,28+,30+,31+/m1/s1. The molecule has 0 unspecified atom stereocenters. The Morgan fingerprint density at radius 2 is 1.62 bits per heavy atom. The molecule has 0 amide bonds. The van der Waals surface area contributed by atoms with Crippen molar-refractivity contribution in [3.05, 3.63) is 119 Å². The maximum atomic E-state index is 9.49. The summed E-state index contributed by atoms with van der Waals surface area (Å²) in [6.45, 7) is 2.71. The van der Waals surface area contributed by atoms with Crippen molar-refractivity contribution in [1.82, 2.24) is 4.98 Å². The van der Waals surface area contributed by atoms with Crippen LogP contribution in [0.3, 0.4) is 0 Å². The van der Waals surface area contributed by atoms with Crippen molar-refractivity contribution in [3.63, 3.8) is 0 Å². The first-order chi connectivity index (χ1) is 18.1. The van der Waals surface area contributed by atoms with Gasteiger partial charge in [-0.1, -0.05) is 73.7 Å². The van der Waals surface area contributed by atoms with Crippen LogP contribution in [0.15, 0.2) is 102 Å². The third-order valence-corrected chi connectivity index (χ3v) is 7.84. The average molecular weight is 513 g/mol. The molecule has 1 aliphatic heterocycles. The number of ether oxygens (including phenoxy) is 2. The van der Waals surface area contributed by atoms with E-state index < -0.39 is 6.29 Å². The van der Waals surface area contributed by atoms with Gasteiger partial charge < -0.3 is 20.3 Å². The number of aliphatic hydroxyl groups excluding tert-OH is 1. The zero-order chi connectivity index (χ0) is 25.6. The highest BCUT2D eigenvalue weighted by molar-refractivity contribution is 7.99. The van der Waals surface area contributed by atoms with Gasteiger partial charge in [-0.05, 0) is 52.1 Å². The number of aliphatic hydroxyl groups is 1. The summed E-state index contributed by atoms with van der Waals surface area (Å²) in [6, 6.07) is 30.6. The highest BCUT2D eigenvalue weighted by atomic mass is 32.2. The molecular formula is C31H32N2O3S. The van der Waals surface area contributed by atoms with Crippen molar-refractivity contribution in [2.75, 3.05) is 5.75 Å². The second-order valence-corrected chi connectivity index (χ2v) is 10.4. The van der Waals surface area contributed by atoms with Gasteiger partial charge in [0.2, 0.25) is 0 Å². The zero-order valence-corrected chi connectivity index (χ0v) is 21.7. The lowest BCUT2D eigenvalue weighted by molar-refractivity contribution is -0.268. The van der Waals surface area contributed by atoms with E-state index in [9.17, 15) is 5.11 Å². The van der Waals surface area contributed by atoms with Gasteiger partial charge in [-0.3, -0.25) is 0 Å². The molecular weight excluding hydrogens is 480 g/mol. The summed E-state index contributed by atoms with van der Waals surface area (Å²) in [5, 5.41) is 10.5. The fraction of sp³-hybridized carbons (Fsp3) is 0.258. The number of nitrogens with zero attached hydrogens (tertiary/aromatic N) is 1. The van der Waals surface area contributed by atoms with E-state index in [1.807, 2.05) is 66.9 Å². The van der Waals surface area contributed by atoms with Crippen LogP contribution in [-0.4, -0.2) is 21.9 Å². The fourth-order valence-corrected chi connectivity index (χ4v) is 5.68. The first-order valence-electron chi connectivity index (χ1n) is 12.6. The summed E-state index contributed by atoms with van der Waals surface area (Å²) >= 11 is 1.70. The lowest BCUT2D eigenvalue weighted by atomic mass is 9.91. The Hall–Kier alpha value is -3.00. The number of thioether (sulfide) groups is 1. The normalized spacial score (nSPS) is 21.6. The topological polar surface area (TPSA) is 77.6 Å². The SMILES string of the molecule is C[C@@H]1[C@H](CSc2ccccn2)O[C@H](c2cccc(-c3cccc(CN)c3)c2)O[C@@H]1c1ccc(CO)cc1. The lowest BCUT2D eigenvalue weighted by Gasteiger charge is -2.41. The Labute approximate surface area is 222 Å². The predicted molar refractivity (Wildman–Crippen MR) is 148 cm³/mol. The van der Waals surface area contributed by atoms with Gasteiger partial charge in [0.25, 0.3) is 0 Å². The quantitative estimate of drug-likeness (QED) is 0.271. The van der Waals surface area contributed by atoms with Crippen molar-refractivity contribution < 1.29 is 14.6 Å². The molecule has 0 saturated carbocycles. The molecule has 4 atom stereocenters. The Balaban J connectivity index is 1.44. The Morgan fingerprint density at radius 3 is 2.35 bits per heavy atom. The van der Waals surface area contributed by atoms with Gasteiger partial charge in [0.1, 0.15) is 0 Å². The van der Waals surface area contributed by atoms with Crippen LogP contribution in [0.5, 0.6) is 0 Å². The van der Waals surface area contributed by atoms with Crippen molar-refractivity contribution in [2.45, 2.75) is 43.6 Å². The van der Waals surface area contributed by atoms with E-state index in [2.05, 4.69) is 42.2 Å². The second-order valence-electron chi connectivity index (χ2n) is 9.33. The summed E-state index contributed by atoms with van der Waals surface area (Å²) in [4.78, 5) is 4.46. The minimum atomic E-state index is -0.509. The molecule has 37 heavy (non-hydrogen) atoms. The van der Waals surface area contributed by atoms with Crippen LogP contribution in [0, 0.1) is 5.92 Å². The van der Waals surface area contributed by atoms with E-state index in [-0.39, 0.29) is 24.7 Å². The molecule has 1 fully saturated rings. The number of hydrogen-bond donors (Lipinski definition) is 2. The van der Waals surface area contributed by atoms with Gasteiger partial charge in [0.15, 0.2) is 6.29 Å². The number of nitrogens with two attached hydrogens (primary N) is 1. The Morgan fingerprint density at radius 1 is 0.838 bits per heavy atom. The molecule has 190 valence electrons. The summed E-state index contributed by atoms with van der Waals surface area (Å²) < 4.78 is 13.2. The molecule has 1 saturated heterocycles. The van der Waals surface area contributed by atoms with Crippen molar-refractivity contribution in [3.8, 4) is 11.1 Å². The molecule has 1 aromatic heterocycles. The number of benzene rings is 3. The molecule has 0 aliphatic carbocycles. The fourth-order valence-electron chi connectivity index (χ4n) is 4.65. The van der Waals surface area contributed by atoms with Crippen LogP contribution in [0.4, 0.5) is 0 Å². The van der Waals surface area contributed by atoms with Gasteiger partial charge >= 0.3 is 0 Å². The van der Waals surface area contributed by atoms with Crippen LogP contribution in [-0.2, 0) is 22.6 Å². The van der Waals surface area contributed by atoms with E-state index >= 15 is 0 Å². The maximum Gasteiger partial charge on any atom is 0.184 e. The Bertz CT molecular complexity index is 1300. The lowest BCUT2D eigenvalue weighted by Crippen LogP contribution is -2.38. The molecule has 0 bridgehead atoms. The first-order valence-corrected chi connectivity index (χ1v) is 13.6. The largest absolute Gasteiger partial charge is 0.392 e. The summed E-state index contributed by atoms with van der Waals surface area (Å²) in [6.07, 6.45) is 1.11. The van der Waals surface area contributed by atoms with Gasteiger partial charge in [-0.2, -0.15) is 0 Å². The van der Waals surface area contributed by atoms with Gasteiger partial charge in [-0.25, -0.2) is 4.98 Å². The molecule has 5 nitrogen and oxygen atoms in total. The number of pyridine rings is 1. The molecule has 0 radical (unpaired) electrons. The van der Waals surface area contributed by atoms with E-state index in [0.717, 1.165) is 44.2 Å². The number of aromatic nitrogens is 1. The van der Waals surface area contributed by atoms with Crippen molar-refractivity contribution in [1.29, 1.82) is 0 Å². The first kappa shape index (κ1) is 25.6. The molecule has 3 N–H and O–H groups in total. The molecule has 2 heterocycles. The molecule has 3 aromatic carbocycles. The molecule has 4 aromatic rings. The minimum absolute atomic E-state index is 0.0224. The van der Waals surface area contributed by atoms with Crippen molar-refractivity contribution in [2.24, 2.45) is 11.7 Å². The van der Waals surface area contributed by atoms with Gasteiger partial charge in [0.05, 0.1) is 23.8 Å². The smallest absolute Gasteiger partial charge is 0.184 e. The van der Waals surface area contributed by atoms with E-state index in [1.165, 1.54) is 0 Å². The third kappa shape index (κ3) is 6.12. The Kier molecular flexibility index (Phi) is 8.34. The summed E-state index contributed by atoms with van der Waals surface area (Å²) in [5.41, 5.74) is 12.1. The number of hydrogen-bond acceptors (Lipinski definition) is 6. The zero-order valence-electron chi connectivity index (χ0n) is 20.9.